The van der Waals surface area contributed by atoms with Crippen LogP contribution in [0.15, 0.2) is 16.6 Å². The van der Waals surface area contributed by atoms with Crippen molar-refractivity contribution in [2.24, 2.45) is 4.99 Å². The molecular formula is C17H33Cl2NOSi2. The van der Waals surface area contributed by atoms with Gasteiger partial charge in [-0.3, -0.25) is 9.79 Å². The molecule has 134 valence electrons. The Hall–Kier alpha value is 0.0938. The number of alkyl halides is 1. The number of carbonyl (C=O) groups is 1. The summed E-state index contributed by atoms with van der Waals surface area (Å²) in [6, 6.07) is 2.51. The third-order valence-electron chi connectivity index (χ3n) is 3.10. The molecule has 2 nitrogen and oxygen atoms in total. The molecule has 0 amide bonds. The van der Waals surface area contributed by atoms with E-state index in [0.717, 1.165) is 6.42 Å². The number of hydrogen-bond acceptors (Lipinski definition) is 2. The van der Waals surface area contributed by atoms with Gasteiger partial charge in [0.1, 0.15) is 0 Å². The van der Waals surface area contributed by atoms with Gasteiger partial charge in [-0.25, -0.2) is 0 Å². The largest absolute Gasteiger partial charge is 0.291 e. The van der Waals surface area contributed by atoms with E-state index in [4.69, 9.17) is 23.2 Å². The van der Waals surface area contributed by atoms with E-state index in [-0.39, 0.29) is 11.0 Å². The summed E-state index contributed by atoms with van der Waals surface area (Å²) < 4.78 is 0. The van der Waals surface area contributed by atoms with Crippen LogP contribution in [0.5, 0.6) is 0 Å². The molecule has 0 aliphatic heterocycles. The molecule has 0 spiro atoms. The summed E-state index contributed by atoms with van der Waals surface area (Å²) in [4.78, 5) is 15.9. The number of allylic oxidation sites excluding steroid dienone is 1. The van der Waals surface area contributed by atoms with Crippen LogP contribution in [0.4, 0.5) is 0 Å². The van der Waals surface area contributed by atoms with Gasteiger partial charge in [-0.2, -0.15) is 0 Å². The molecule has 0 aromatic carbocycles. The van der Waals surface area contributed by atoms with Crippen molar-refractivity contribution in [3.63, 3.8) is 0 Å². The Bertz CT molecular complexity index is 417. The van der Waals surface area contributed by atoms with Gasteiger partial charge < -0.3 is 0 Å². The molecule has 0 saturated carbocycles. The minimum Gasteiger partial charge on any atom is -0.291 e. The van der Waals surface area contributed by atoms with Gasteiger partial charge in [-0.15, -0.1) is 11.6 Å². The Balaban J connectivity index is 4.62. The Morgan fingerprint density at radius 2 is 1.57 bits per heavy atom. The van der Waals surface area contributed by atoms with Crippen LogP contribution in [-0.4, -0.2) is 39.5 Å². The average molecular weight is 395 g/mol. The number of carbonyl (C=O) groups excluding carboxylic acids is 1. The van der Waals surface area contributed by atoms with Gasteiger partial charge in [0, 0.05) is 35.0 Å². The fourth-order valence-corrected chi connectivity index (χ4v) is 6.25. The maximum absolute atomic E-state index is 11.7. The van der Waals surface area contributed by atoms with E-state index in [1.54, 1.807) is 5.57 Å². The molecule has 0 aliphatic carbocycles. The van der Waals surface area contributed by atoms with E-state index in [9.17, 15) is 4.79 Å². The predicted molar refractivity (Wildman–Crippen MR) is 112 cm³/mol. The molecule has 0 aromatic rings. The zero-order valence-corrected chi connectivity index (χ0v) is 19.2. The zero-order chi connectivity index (χ0) is 18.1. The molecule has 0 fully saturated rings. The third kappa shape index (κ3) is 14.2. The Morgan fingerprint density at radius 1 is 1.04 bits per heavy atom. The third-order valence-corrected chi connectivity index (χ3v) is 6.72. The van der Waals surface area contributed by atoms with Crippen LogP contribution in [0.25, 0.3) is 0 Å². The van der Waals surface area contributed by atoms with Crippen LogP contribution in [0, 0.1) is 0 Å². The summed E-state index contributed by atoms with van der Waals surface area (Å²) in [6.07, 6.45) is 4.25. The quantitative estimate of drug-likeness (QED) is 0.135. The van der Waals surface area contributed by atoms with Crippen molar-refractivity contribution in [3.8, 4) is 0 Å². The monoisotopic (exact) mass is 393 g/mol. The molecule has 0 atom stereocenters. The van der Waals surface area contributed by atoms with Crippen molar-refractivity contribution in [1.29, 1.82) is 0 Å². The lowest BCUT2D eigenvalue weighted by molar-refractivity contribution is -0.112. The van der Waals surface area contributed by atoms with E-state index >= 15 is 0 Å². The van der Waals surface area contributed by atoms with Gasteiger partial charge in [-0.05, 0) is 24.9 Å². The molecule has 0 bridgehead atoms. The van der Waals surface area contributed by atoms with Gasteiger partial charge in [0.25, 0.3) is 0 Å². The maximum atomic E-state index is 11.7. The fraction of sp³-hybridized carbons (Fsp3) is 0.765. The number of halogens is 2. The lowest BCUT2D eigenvalue weighted by Crippen LogP contribution is -2.25. The molecule has 0 N–H and O–H groups in total. The van der Waals surface area contributed by atoms with E-state index in [0.29, 0.717) is 25.3 Å². The second kappa shape index (κ2) is 10.9. The second-order valence-corrected chi connectivity index (χ2v) is 20.2. The highest BCUT2D eigenvalue weighted by Crippen LogP contribution is 2.25. The van der Waals surface area contributed by atoms with Gasteiger partial charge in [0.15, 0.2) is 11.0 Å². The maximum Gasteiger partial charge on any atom is 0.192 e. The van der Waals surface area contributed by atoms with Crippen LogP contribution in [-0.2, 0) is 4.79 Å². The average Bonchev–Trinajstić information content (AvgIpc) is 2.36. The second-order valence-electron chi connectivity index (χ2n) is 8.51. The van der Waals surface area contributed by atoms with E-state index < -0.39 is 16.1 Å². The van der Waals surface area contributed by atoms with Crippen molar-refractivity contribution in [1.82, 2.24) is 0 Å². The first-order chi connectivity index (χ1) is 10.4. The van der Waals surface area contributed by atoms with Gasteiger partial charge >= 0.3 is 0 Å². The van der Waals surface area contributed by atoms with Crippen LogP contribution in [0.2, 0.25) is 51.4 Å². The molecule has 23 heavy (non-hydrogen) atoms. The highest BCUT2D eigenvalue weighted by atomic mass is 35.5. The number of hydrogen-bond donors (Lipinski definition) is 0. The molecule has 6 heteroatoms. The highest BCUT2D eigenvalue weighted by molar-refractivity contribution is 6.83. The molecule has 0 rings (SSSR count). The number of Topliss-reactive ketones (excluding diaryl/α,β-unsaturated/α-hetero) is 1. The summed E-state index contributed by atoms with van der Waals surface area (Å²) >= 11 is 11.5. The Morgan fingerprint density at radius 3 is 2.00 bits per heavy atom. The molecule has 0 unspecified atom stereocenters. The molecule has 0 saturated heterocycles. The summed E-state index contributed by atoms with van der Waals surface area (Å²) in [5.74, 6) is 0.385. The van der Waals surface area contributed by atoms with E-state index in [1.165, 1.54) is 12.1 Å². The molecule has 0 aliphatic rings. The smallest absolute Gasteiger partial charge is 0.192 e. The van der Waals surface area contributed by atoms with Crippen LogP contribution in [0.1, 0.15) is 19.3 Å². The number of rotatable bonds is 11. The Labute approximate surface area is 154 Å². The van der Waals surface area contributed by atoms with Crippen LogP contribution in [0.3, 0.4) is 0 Å². The number of nitrogens with zero attached hydrogens (tertiary/aromatic N) is 1. The highest BCUT2D eigenvalue weighted by Gasteiger charge is 2.20. The van der Waals surface area contributed by atoms with Crippen LogP contribution >= 0.6 is 23.2 Å². The standard InChI is InChI=1S/C17H33Cl2NOSi2/c1-22(2,3)13-15(14-23(4,5)6)9-8-12-20-17(19)16(21)10-7-11-18/h9H,7-8,10-14H2,1-6H3. The Kier molecular flexibility index (Phi) is 10.9. The molecule has 0 heterocycles. The minimum absolute atomic E-state index is 0.0966. The number of ketones is 1. The first-order valence-electron chi connectivity index (χ1n) is 8.41. The van der Waals surface area contributed by atoms with Gasteiger partial charge in [0.2, 0.25) is 0 Å². The predicted octanol–water partition coefficient (Wildman–Crippen LogP) is 6.20. The lowest BCUT2D eigenvalue weighted by atomic mass is 10.2. The van der Waals surface area contributed by atoms with E-state index in [2.05, 4.69) is 50.4 Å². The van der Waals surface area contributed by atoms with Crippen molar-refractivity contribution >= 4 is 50.3 Å². The van der Waals surface area contributed by atoms with Crippen molar-refractivity contribution in [2.45, 2.75) is 70.6 Å². The summed E-state index contributed by atoms with van der Waals surface area (Å²) in [5, 5.41) is 0.125. The SMILES string of the molecule is C[Si](C)(C)CC(=CCCN=C(Cl)C(=O)CCCCl)C[Si](C)(C)C. The fourth-order valence-electron chi connectivity index (χ4n) is 2.42. The van der Waals surface area contributed by atoms with Crippen molar-refractivity contribution < 1.29 is 4.79 Å². The van der Waals surface area contributed by atoms with E-state index in [1.807, 2.05) is 0 Å². The molecular weight excluding hydrogens is 361 g/mol. The lowest BCUT2D eigenvalue weighted by Gasteiger charge is -2.24. The normalized spacial score (nSPS) is 13.1. The first kappa shape index (κ1) is 23.1. The van der Waals surface area contributed by atoms with Crippen molar-refractivity contribution in [2.75, 3.05) is 12.4 Å². The summed E-state index contributed by atoms with van der Waals surface area (Å²) in [6.45, 7) is 15.1. The number of aliphatic imine (C=N–C) groups is 1. The topological polar surface area (TPSA) is 29.4 Å². The summed E-state index contributed by atoms with van der Waals surface area (Å²) in [7, 11) is -2.22. The minimum atomic E-state index is -1.11. The van der Waals surface area contributed by atoms with Crippen LogP contribution < -0.4 is 0 Å². The summed E-state index contributed by atoms with van der Waals surface area (Å²) in [5.41, 5.74) is 1.59. The molecule has 0 radical (unpaired) electrons. The zero-order valence-electron chi connectivity index (χ0n) is 15.6. The molecule has 0 aromatic heterocycles. The van der Waals surface area contributed by atoms with Gasteiger partial charge in [-0.1, -0.05) is 62.5 Å². The first-order valence-corrected chi connectivity index (χ1v) is 16.7. The van der Waals surface area contributed by atoms with Gasteiger partial charge in [0.05, 0.1) is 0 Å². The van der Waals surface area contributed by atoms with Crippen molar-refractivity contribution in [3.05, 3.63) is 11.6 Å².